The predicted octanol–water partition coefficient (Wildman–Crippen LogP) is 0.0860. The fourth-order valence-electron chi connectivity index (χ4n) is 3.42. The quantitative estimate of drug-likeness (QED) is 0.387. The summed E-state index contributed by atoms with van der Waals surface area (Å²) in [6.07, 6.45) is 0. The molecule has 1 aliphatic carbocycles. The van der Waals surface area contributed by atoms with E-state index in [0.717, 1.165) is 46.6 Å². The lowest BCUT2D eigenvalue weighted by atomic mass is 10.1. The van der Waals surface area contributed by atoms with Gasteiger partial charge in [0.2, 0.25) is 5.43 Å². The van der Waals surface area contributed by atoms with E-state index in [4.69, 9.17) is 5.73 Å². The number of amides is 2. The highest BCUT2D eigenvalue weighted by Crippen LogP contribution is 2.37. The van der Waals surface area contributed by atoms with Crippen molar-refractivity contribution in [3.8, 4) is 11.8 Å². The Morgan fingerprint density at radius 1 is 1.18 bits per heavy atom. The van der Waals surface area contributed by atoms with Gasteiger partial charge < -0.3 is 10.8 Å². The maximum Gasteiger partial charge on any atom is 0.269 e. The molecule has 2 amide bonds. The number of carbonyl (C=O) groups is 3. The largest absolute Gasteiger partial charge is 0.504 e. The first kappa shape index (κ1) is 21.8. The third-order valence-corrected chi connectivity index (χ3v) is 7.43. The van der Waals surface area contributed by atoms with Crippen LogP contribution in [0.2, 0.25) is 0 Å². The van der Waals surface area contributed by atoms with Crippen LogP contribution in [0, 0.1) is 30.5 Å². The number of Topliss-reactive ketones (excluding diaryl/α,β-unsaturated/α-hetero) is 1. The zero-order valence-corrected chi connectivity index (χ0v) is 18.1. The normalized spacial score (nSPS) is 13.6. The van der Waals surface area contributed by atoms with Gasteiger partial charge in [0, 0.05) is 17.8 Å². The number of nitro benzene ring substituents is 1. The number of rotatable bonds is 4. The highest BCUT2D eigenvalue weighted by atomic mass is 32.2. The molecule has 2 aliphatic heterocycles. The molecule has 0 saturated carbocycles. The van der Waals surface area contributed by atoms with Crippen LogP contribution in [0.5, 0.6) is 5.75 Å². The Hall–Kier alpha value is -4.41. The number of fused-ring (bicyclic) bond motifs is 1. The van der Waals surface area contributed by atoms with Gasteiger partial charge in [-0.25, -0.2) is 0 Å². The summed E-state index contributed by atoms with van der Waals surface area (Å²) >= 11 is 1.50. The van der Waals surface area contributed by atoms with E-state index < -0.39 is 44.8 Å². The van der Waals surface area contributed by atoms with Crippen molar-refractivity contribution < 1.29 is 24.4 Å². The number of ketones is 1. The minimum atomic E-state index is -1.02. The lowest BCUT2D eigenvalue weighted by Crippen LogP contribution is -2.28. The second-order valence-corrected chi connectivity index (χ2v) is 9.05. The molecule has 0 unspecified atom stereocenters. The zero-order valence-electron chi connectivity index (χ0n) is 16.4. The van der Waals surface area contributed by atoms with Crippen molar-refractivity contribution in [3.63, 3.8) is 0 Å². The van der Waals surface area contributed by atoms with E-state index in [1.54, 1.807) is 6.07 Å². The smallest absolute Gasteiger partial charge is 0.269 e. The number of benzene rings is 1. The van der Waals surface area contributed by atoms with Crippen molar-refractivity contribution in [2.45, 2.75) is 6.92 Å². The van der Waals surface area contributed by atoms with Crippen molar-refractivity contribution in [3.05, 3.63) is 62.7 Å². The molecule has 164 valence electrons. The van der Waals surface area contributed by atoms with Crippen molar-refractivity contribution in [2.75, 3.05) is 4.90 Å². The van der Waals surface area contributed by atoms with Gasteiger partial charge in [0.25, 0.3) is 17.5 Å². The van der Waals surface area contributed by atoms with Gasteiger partial charge in [-0.15, -0.1) is 22.7 Å². The Morgan fingerprint density at radius 2 is 1.79 bits per heavy atom. The monoisotopic (exact) mass is 482 g/mol. The van der Waals surface area contributed by atoms with Crippen LogP contribution in [0.4, 0.5) is 17.1 Å². The zero-order chi connectivity index (χ0) is 24.2. The van der Waals surface area contributed by atoms with Gasteiger partial charge in [-0.3, -0.25) is 34.2 Å². The average Bonchev–Trinajstić information content (AvgIpc) is 3.32. The van der Waals surface area contributed by atoms with Gasteiger partial charge in [0.1, 0.15) is 21.2 Å². The van der Waals surface area contributed by atoms with Gasteiger partial charge in [0.05, 0.1) is 24.8 Å². The van der Waals surface area contributed by atoms with Gasteiger partial charge in [-0.2, -0.15) is 5.26 Å². The minimum absolute atomic E-state index is 0.00253. The van der Waals surface area contributed by atoms with Crippen LogP contribution in [-0.2, 0) is 14.4 Å². The van der Waals surface area contributed by atoms with Crippen LogP contribution in [0.25, 0.3) is 11.1 Å². The molecule has 1 aromatic rings. The SMILES string of the molecule is CC(=O)C1=c2c(c(O)c3s/c(=C(/C#N)C(N)=O)sc=3c2=O)N(c2ccc([N+](=O)[O-])cc2)C1=O. The molecular weight excluding hydrogens is 472 g/mol. The number of nitrogens with two attached hydrogens (primary N) is 1. The van der Waals surface area contributed by atoms with E-state index in [-0.39, 0.29) is 35.2 Å². The second-order valence-electron chi connectivity index (χ2n) is 6.75. The topological polar surface area (TPSA) is 185 Å². The van der Waals surface area contributed by atoms with Crippen LogP contribution in [0.15, 0.2) is 29.1 Å². The number of anilines is 2. The Morgan fingerprint density at radius 3 is 2.30 bits per heavy atom. The Bertz CT molecular complexity index is 1710. The summed E-state index contributed by atoms with van der Waals surface area (Å²) in [5.74, 6) is -3.12. The lowest BCUT2D eigenvalue weighted by molar-refractivity contribution is -0.384. The molecule has 1 aromatic carbocycles. The standard InChI is InChI=1S/C20H10N4O7S2/c1-7(25)11-12-13(23(19(11)29)8-2-4-9(5-3-8)24(30)31)15(27)17-16(14(12)26)32-20(33-17)10(6-21)18(22)28/h2-5,27H,1H3,(H2,22,28)/b20-10-. The molecule has 33 heavy (non-hydrogen) atoms. The van der Waals surface area contributed by atoms with E-state index in [2.05, 4.69) is 0 Å². The van der Waals surface area contributed by atoms with E-state index in [0.29, 0.717) is 0 Å². The molecule has 11 nitrogen and oxygen atoms in total. The summed E-state index contributed by atoms with van der Waals surface area (Å²) in [4.78, 5) is 61.5. The summed E-state index contributed by atoms with van der Waals surface area (Å²) in [5, 5.41) is 30.9. The predicted molar refractivity (Wildman–Crippen MR) is 117 cm³/mol. The van der Waals surface area contributed by atoms with Crippen LogP contribution < -0.4 is 25.1 Å². The highest BCUT2D eigenvalue weighted by Gasteiger charge is 2.37. The van der Waals surface area contributed by atoms with Crippen LogP contribution in [0.3, 0.4) is 0 Å². The number of carbonyl (C=O) groups excluding carboxylic acids is 3. The molecule has 0 aromatic heterocycles. The van der Waals surface area contributed by atoms with Crippen molar-refractivity contribution in [1.82, 2.24) is 0 Å². The van der Waals surface area contributed by atoms with Crippen molar-refractivity contribution in [1.29, 1.82) is 5.26 Å². The van der Waals surface area contributed by atoms with Gasteiger partial charge in [0.15, 0.2) is 11.5 Å². The van der Waals surface area contributed by atoms with Crippen molar-refractivity contribution >= 4 is 68.5 Å². The number of hydrogen-bond acceptors (Lipinski definition) is 10. The van der Waals surface area contributed by atoms with Gasteiger partial charge >= 0.3 is 0 Å². The molecule has 4 rings (SSSR count). The molecular formula is C20H10N4O7S2. The maximum atomic E-state index is 13.3. The molecule has 0 saturated heterocycles. The molecule has 3 N–H and O–H groups in total. The average molecular weight is 482 g/mol. The maximum absolute atomic E-state index is 13.3. The summed E-state index contributed by atoms with van der Waals surface area (Å²) in [5.41, 5.74) is 3.19. The number of primary amides is 1. The molecule has 0 bridgehead atoms. The number of non-ortho nitro benzene ring substituents is 1. The van der Waals surface area contributed by atoms with E-state index >= 15 is 0 Å². The minimum Gasteiger partial charge on any atom is -0.504 e. The van der Waals surface area contributed by atoms with Gasteiger partial charge in [-0.1, -0.05) is 0 Å². The van der Waals surface area contributed by atoms with Crippen LogP contribution in [-0.4, -0.2) is 27.6 Å². The third kappa shape index (κ3) is 3.16. The summed E-state index contributed by atoms with van der Waals surface area (Å²) in [6.45, 7) is 1.09. The van der Waals surface area contributed by atoms with Crippen molar-refractivity contribution in [2.24, 2.45) is 5.73 Å². The van der Waals surface area contributed by atoms with Gasteiger partial charge in [-0.05, 0) is 19.1 Å². The molecule has 3 aliphatic rings. The molecule has 2 heterocycles. The Kier molecular flexibility index (Phi) is 5.04. The number of nitrogens with zero attached hydrogens (tertiary/aromatic N) is 3. The molecule has 0 fully saturated rings. The molecule has 0 radical (unpaired) electrons. The first-order chi connectivity index (χ1) is 15.6. The number of hydrogen-bond donors (Lipinski definition) is 2. The molecule has 0 spiro atoms. The van der Waals surface area contributed by atoms with Crippen LogP contribution in [0.1, 0.15) is 6.92 Å². The Labute approximate surface area is 190 Å². The number of nitro groups is 1. The van der Waals surface area contributed by atoms with E-state index in [9.17, 15) is 39.7 Å². The van der Waals surface area contributed by atoms with E-state index in [1.807, 2.05) is 0 Å². The molecule has 0 atom stereocenters. The summed E-state index contributed by atoms with van der Waals surface area (Å²) in [6, 6.07) is 6.41. The van der Waals surface area contributed by atoms with Crippen LogP contribution >= 0.6 is 22.7 Å². The highest BCUT2D eigenvalue weighted by molar-refractivity contribution is 7.25. The number of aromatic hydroxyl groups is 1. The summed E-state index contributed by atoms with van der Waals surface area (Å²) in [7, 11) is 0. The summed E-state index contributed by atoms with van der Waals surface area (Å²) < 4.78 is 0.0169. The molecule has 13 heteroatoms. The fraction of sp³-hybridized carbons (Fsp3) is 0.0500. The lowest BCUT2D eigenvalue weighted by Gasteiger charge is -2.19. The van der Waals surface area contributed by atoms with E-state index in [1.165, 1.54) is 12.1 Å². The Balaban J connectivity index is 2.15. The fourth-order valence-corrected chi connectivity index (χ4v) is 5.97. The first-order valence-electron chi connectivity index (χ1n) is 8.95. The third-order valence-electron chi connectivity index (χ3n) is 4.83. The first-order valence-corrected chi connectivity index (χ1v) is 10.6. The second kappa shape index (κ2) is 7.62. The number of nitriles is 1.